The van der Waals surface area contributed by atoms with Gasteiger partial charge in [-0.05, 0) is 15.9 Å². The van der Waals surface area contributed by atoms with Gasteiger partial charge in [0.25, 0.3) is 0 Å². The van der Waals surface area contributed by atoms with Crippen molar-refractivity contribution in [2.45, 2.75) is 12.8 Å². The first-order valence-electron chi connectivity index (χ1n) is 3.99. The summed E-state index contributed by atoms with van der Waals surface area (Å²) in [5.74, 6) is -2.17. The predicted molar refractivity (Wildman–Crippen MR) is 52.9 cm³/mol. The zero-order chi connectivity index (χ0) is 10.9. The third kappa shape index (κ3) is 1.83. The number of rotatable bonds is 2. The summed E-state index contributed by atoms with van der Waals surface area (Å²) >= 11 is 2.90. The molecule has 78 valence electrons. The molecule has 3 N–H and O–H groups in total. The minimum absolute atomic E-state index is 0.0584. The molecule has 1 unspecified atom stereocenters. The first-order valence-corrected chi connectivity index (χ1v) is 4.79. The molecule has 0 heterocycles. The molecule has 0 fully saturated rings. The van der Waals surface area contributed by atoms with Gasteiger partial charge >= 0.3 is 0 Å². The van der Waals surface area contributed by atoms with Crippen LogP contribution < -0.4 is 0 Å². The monoisotopic (exact) mass is 264 g/mol. The van der Waals surface area contributed by atoms with Crippen molar-refractivity contribution in [1.29, 1.82) is 0 Å². The minimum Gasteiger partial charge on any atom is -0.504 e. The van der Waals surface area contributed by atoms with Crippen LogP contribution in [0.4, 0.5) is 4.39 Å². The highest BCUT2D eigenvalue weighted by atomic mass is 79.9. The predicted octanol–water partition coefficient (Wildman–Crippen LogP) is 2.10. The van der Waals surface area contributed by atoms with E-state index in [1.54, 1.807) is 6.92 Å². The van der Waals surface area contributed by atoms with Gasteiger partial charge in [-0.1, -0.05) is 6.92 Å². The van der Waals surface area contributed by atoms with Gasteiger partial charge in [0.05, 0.1) is 4.47 Å². The van der Waals surface area contributed by atoms with E-state index in [-0.39, 0.29) is 16.6 Å². The molecule has 0 aliphatic heterocycles. The molecule has 0 amide bonds. The summed E-state index contributed by atoms with van der Waals surface area (Å²) in [5, 5.41) is 27.4. The van der Waals surface area contributed by atoms with Gasteiger partial charge in [-0.2, -0.15) is 0 Å². The molecular formula is C9H10BrFO3. The maximum Gasteiger partial charge on any atom is 0.164 e. The molecule has 1 rings (SSSR count). The van der Waals surface area contributed by atoms with Crippen LogP contribution in [-0.2, 0) is 0 Å². The minimum atomic E-state index is -0.665. The Kier molecular flexibility index (Phi) is 3.34. The normalized spacial score (nSPS) is 12.9. The van der Waals surface area contributed by atoms with Gasteiger partial charge in [0.1, 0.15) is 5.82 Å². The molecule has 0 aromatic heterocycles. The Morgan fingerprint density at radius 3 is 2.57 bits per heavy atom. The second kappa shape index (κ2) is 4.14. The maximum atomic E-state index is 13.5. The molecule has 0 saturated carbocycles. The number of aliphatic hydroxyl groups is 1. The number of halogens is 2. The molecule has 5 heteroatoms. The average Bonchev–Trinajstić information content (AvgIpc) is 2.15. The Morgan fingerprint density at radius 2 is 2.07 bits per heavy atom. The molecule has 0 bridgehead atoms. The molecular weight excluding hydrogens is 255 g/mol. The maximum absolute atomic E-state index is 13.5. The van der Waals surface area contributed by atoms with Crippen molar-refractivity contribution < 1.29 is 19.7 Å². The van der Waals surface area contributed by atoms with Crippen molar-refractivity contribution >= 4 is 15.9 Å². The van der Waals surface area contributed by atoms with Crippen molar-refractivity contribution in [3.63, 3.8) is 0 Å². The fraction of sp³-hybridized carbons (Fsp3) is 0.333. The second-order valence-electron chi connectivity index (χ2n) is 3.04. The summed E-state index contributed by atoms with van der Waals surface area (Å²) < 4.78 is 13.5. The standard InChI is InChI=1S/C9H10BrFO3/c1-4(3-12)7-8(11)5(10)2-6(13)9(7)14/h2,4,12-14H,3H2,1H3. The summed E-state index contributed by atoms with van der Waals surface area (Å²) in [6.45, 7) is 1.24. The van der Waals surface area contributed by atoms with Crippen molar-refractivity contribution in [2.75, 3.05) is 6.61 Å². The summed E-state index contributed by atoms with van der Waals surface area (Å²) in [4.78, 5) is 0. The van der Waals surface area contributed by atoms with E-state index in [2.05, 4.69) is 15.9 Å². The topological polar surface area (TPSA) is 60.7 Å². The number of hydrogen-bond acceptors (Lipinski definition) is 3. The smallest absolute Gasteiger partial charge is 0.164 e. The zero-order valence-corrected chi connectivity index (χ0v) is 9.05. The fourth-order valence-corrected chi connectivity index (χ4v) is 1.59. The van der Waals surface area contributed by atoms with Gasteiger partial charge in [0, 0.05) is 24.2 Å². The van der Waals surface area contributed by atoms with Crippen LogP contribution >= 0.6 is 15.9 Å². The quantitative estimate of drug-likeness (QED) is 0.717. The van der Waals surface area contributed by atoms with Gasteiger partial charge in [0.2, 0.25) is 0 Å². The van der Waals surface area contributed by atoms with Gasteiger partial charge in [-0.3, -0.25) is 0 Å². The molecule has 0 spiro atoms. The van der Waals surface area contributed by atoms with Crippen molar-refractivity contribution in [3.05, 3.63) is 21.9 Å². The number of hydrogen-bond donors (Lipinski definition) is 3. The molecule has 14 heavy (non-hydrogen) atoms. The average molecular weight is 265 g/mol. The number of phenols is 2. The molecule has 0 aliphatic rings. The van der Waals surface area contributed by atoms with E-state index in [1.807, 2.05) is 0 Å². The van der Waals surface area contributed by atoms with Crippen LogP contribution in [0.25, 0.3) is 0 Å². The Morgan fingerprint density at radius 1 is 1.50 bits per heavy atom. The van der Waals surface area contributed by atoms with Crippen molar-refractivity contribution in [3.8, 4) is 11.5 Å². The third-order valence-corrected chi connectivity index (χ3v) is 2.55. The van der Waals surface area contributed by atoms with E-state index in [0.717, 1.165) is 6.07 Å². The lowest BCUT2D eigenvalue weighted by molar-refractivity contribution is 0.266. The lowest BCUT2D eigenvalue weighted by Gasteiger charge is -2.13. The SMILES string of the molecule is CC(CO)c1c(O)c(O)cc(Br)c1F. The highest BCUT2D eigenvalue weighted by Crippen LogP contribution is 2.39. The second-order valence-corrected chi connectivity index (χ2v) is 3.89. The summed E-state index contributed by atoms with van der Waals surface area (Å²) in [6.07, 6.45) is 0. The number of aliphatic hydroxyl groups excluding tert-OH is 1. The van der Waals surface area contributed by atoms with Crippen LogP contribution in [0, 0.1) is 5.82 Å². The Balaban J connectivity index is 3.39. The number of benzene rings is 1. The fourth-order valence-electron chi connectivity index (χ4n) is 1.16. The van der Waals surface area contributed by atoms with E-state index in [0.29, 0.717) is 0 Å². The first kappa shape index (κ1) is 11.3. The van der Waals surface area contributed by atoms with Gasteiger partial charge in [-0.15, -0.1) is 0 Å². The van der Waals surface area contributed by atoms with Crippen LogP contribution in [0.1, 0.15) is 18.4 Å². The van der Waals surface area contributed by atoms with E-state index in [9.17, 15) is 14.6 Å². The first-order chi connectivity index (χ1) is 6.49. The lowest BCUT2D eigenvalue weighted by Crippen LogP contribution is -2.03. The molecule has 1 aromatic rings. The Hall–Kier alpha value is -0.810. The third-order valence-electron chi connectivity index (χ3n) is 1.97. The highest BCUT2D eigenvalue weighted by molar-refractivity contribution is 9.10. The summed E-state index contributed by atoms with van der Waals surface area (Å²) in [5.41, 5.74) is -0.0839. The van der Waals surface area contributed by atoms with Crippen molar-refractivity contribution in [2.24, 2.45) is 0 Å². The zero-order valence-electron chi connectivity index (χ0n) is 7.46. The van der Waals surface area contributed by atoms with Gasteiger partial charge in [0.15, 0.2) is 11.5 Å². The molecule has 3 nitrogen and oxygen atoms in total. The van der Waals surface area contributed by atoms with Crippen LogP contribution in [0.3, 0.4) is 0 Å². The number of phenolic OH excluding ortho intramolecular Hbond substituents is 2. The van der Waals surface area contributed by atoms with Crippen LogP contribution in [0.15, 0.2) is 10.5 Å². The highest BCUT2D eigenvalue weighted by Gasteiger charge is 2.20. The van der Waals surface area contributed by atoms with Crippen LogP contribution in [0.5, 0.6) is 11.5 Å². The van der Waals surface area contributed by atoms with E-state index in [4.69, 9.17) is 5.11 Å². The lowest BCUT2D eigenvalue weighted by atomic mass is 10.00. The van der Waals surface area contributed by atoms with E-state index >= 15 is 0 Å². The van der Waals surface area contributed by atoms with E-state index in [1.165, 1.54) is 0 Å². The van der Waals surface area contributed by atoms with Gasteiger partial charge < -0.3 is 15.3 Å². The van der Waals surface area contributed by atoms with Crippen LogP contribution in [-0.4, -0.2) is 21.9 Å². The number of aromatic hydroxyl groups is 2. The largest absolute Gasteiger partial charge is 0.504 e. The Bertz CT molecular complexity index is 328. The van der Waals surface area contributed by atoms with Crippen LogP contribution in [0.2, 0.25) is 0 Å². The molecule has 1 atom stereocenters. The Labute approximate surface area is 88.9 Å². The van der Waals surface area contributed by atoms with E-state index < -0.39 is 23.2 Å². The van der Waals surface area contributed by atoms with Crippen molar-refractivity contribution in [1.82, 2.24) is 0 Å². The van der Waals surface area contributed by atoms with Gasteiger partial charge in [-0.25, -0.2) is 4.39 Å². The molecule has 0 radical (unpaired) electrons. The molecule has 0 aliphatic carbocycles. The molecule has 0 saturated heterocycles. The summed E-state index contributed by atoms with van der Waals surface area (Å²) in [6, 6.07) is 1.07. The molecule has 1 aromatic carbocycles. The summed E-state index contributed by atoms with van der Waals surface area (Å²) in [7, 11) is 0.